The average molecular weight is 372 g/mol. The molecule has 2 amide bonds. The second-order valence-corrected chi connectivity index (χ2v) is 7.78. The molecule has 2 unspecified atom stereocenters. The first-order valence-electron chi connectivity index (χ1n) is 10.5. The summed E-state index contributed by atoms with van der Waals surface area (Å²) < 4.78 is 0. The highest BCUT2D eigenvalue weighted by molar-refractivity contribution is 5.82. The molecule has 2 atom stereocenters. The highest BCUT2D eigenvalue weighted by Gasteiger charge is 2.35. The van der Waals surface area contributed by atoms with Crippen LogP contribution in [-0.2, 0) is 16.0 Å². The van der Waals surface area contributed by atoms with Crippen LogP contribution in [0.2, 0.25) is 0 Å². The van der Waals surface area contributed by atoms with E-state index in [4.69, 9.17) is 0 Å². The van der Waals surface area contributed by atoms with E-state index in [1.165, 1.54) is 11.1 Å². The normalized spacial score (nSPS) is 23.3. The lowest BCUT2D eigenvalue weighted by Crippen LogP contribution is -2.53. The van der Waals surface area contributed by atoms with Gasteiger partial charge in [0.25, 0.3) is 0 Å². The summed E-state index contributed by atoms with van der Waals surface area (Å²) >= 11 is 0. The average Bonchev–Trinajstić information content (AvgIpc) is 2.73. The Morgan fingerprint density at radius 1 is 1.15 bits per heavy atom. The number of benzene rings is 1. The van der Waals surface area contributed by atoms with E-state index in [0.29, 0.717) is 13.0 Å². The molecule has 2 saturated heterocycles. The number of nitrogens with one attached hydrogen (secondary N) is 1. The lowest BCUT2D eigenvalue weighted by Gasteiger charge is -2.41. The second kappa shape index (κ2) is 9.36. The largest absolute Gasteiger partial charge is 0.342 e. The molecule has 27 heavy (non-hydrogen) atoms. The summed E-state index contributed by atoms with van der Waals surface area (Å²) in [4.78, 5) is 29.6. The SMILES string of the molecule is CCCC(=O)N1CCCC(C(=O)N2CCNCC2c2ccc(CC)cc2)C1. The van der Waals surface area contributed by atoms with Gasteiger partial charge in [-0.15, -0.1) is 0 Å². The van der Waals surface area contributed by atoms with Crippen molar-refractivity contribution < 1.29 is 9.59 Å². The molecule has 0 radical (unpaired) electrons. The number of piperazine rings is 1. The number of hydrogen-bond donors (Lipinski definition) is 1. The van der Waals surface area contributed by atoms with Crippen molar-refractivity contribution in [3.63, 3.8) is 0 Å². The van der Waals surface area contributed by atoms with Gasteiger partial charge >= 0.3 is 0 Å². The third kappa shape index (κ3) is 4.70. The van der Waals surface area contributed by atoms with Gasteiger partial charge in [-0.1, -0.05) is 38.1 Å². The van der Waals surface area contributed by atoms with Crippen molar-refractivity contribution in [2.75, 3.05) is 32.7 Å². The lowest BCUT2D eigenvalue weighted by atomic mass is 9.93. The van der Waals surface area contributed by atoms with Crippen LogP contribution in [-0.4, -0.2) is 54.3 Å². The van der Waals surface area contributed by atoms with Gasteiger partial charge < -0.3 is 15.1 Å². The third-order valence-electron chi connectivity index (χ3n) is 5.89. The van der Waals surface area contributed by atoms with Crippen LogP contribution >= 0.6 is 0 Å². The summed E-state index contributed by atoms with van der Waals surface area (Å²) in [6.45, 7) is 7.93. The van der Waals surface area contributed by atoms with Crippen LogP contribution in [0.15, 0.2) is 24.3 Å². The Balaban J connectivity index is 1.71. The Morgan fingerprint density at radius 3 is 2.63 bits per heavy atom. The predicted molar refractivity (Wildman–Crippen MR) is 107 cm³/mol. The number of amides is 2. The summed E-state index contributed by atoms with van der Waals surface area (Å²) in [5.74, 6) is 0.354. The fraction of sp³-hybridized carbons (Fsp3) is 0.636. The molecule has 2 aliphatic heterocycles. The molecule has 2 heterocycles. The number of carbonyl (C=O) groups excluding carboxylic acids is 2. The van der Waals surface area contributed by atoms with Crippen LogP contribution in [0.3, 0.4) is 0 Å². The molecule has 0 aliphatic carbocycles. The van der Waals surface area contributed by atoms with E-state index in [1.54, 1.807) is 0 Å². The zero-order valence-electron chi connectivity index (χ0n) is 16.7. The lowest BCUT2D eigenvalue weighted by molar-refractivity contribution is -0.143. The van der Waals surface area contributed by atoms with Gasteiger partial charge in [-0.3, -0.25) is 9.59 Å². The van der Waals surface area contributed by atoms with Crippen molar-refractivity contribution in [2.45, 2.75) is 52.0 Å². The van der Waals surface area contributed by atoms with Crippen molar-refractivity contribution in [1.82, 2.24) is 15.1 Å². The zero-order chi connectivity index (χ0) is 19.2. The van der Waals surface area contributed by atoms with Gasteiger partial charge in [-0.2, -0.15) is 0 Å². The summed E-state index contributed by atoms with van der Waals surface area (Å²) in [5, 5.41) is 3.44. The number of aryl methyl sites for hydroxylation is 1. The van der Waals surface area contributed by atoms with Gasteiger partial charge in [0.1, 0.15) is 0 Å². The molecular weight excluding hydrogens is 338 g/mol. The van der Waals surface area contributed by atoms with E-state index in [1.807, 2.05) is 11.8 Å². The first kappa shape index (κ1) is 19.9. The molecular formula is C22H33N3O2. The zero-order valence-corrected chi connectivity index (χ0v) is 16.7. The van der Waals surface area contributed by atoms with Crippen molar-refractivity contribution in [2.24, 2.45) is 5.92 Å². The standard InChI is InChI=1S/C22H33N3O2/c1-3-6-21(26)24-13-5-7-19(16-24)22(27)25-14-12-23-15-20(25)18-10-8-17(4-2)9-11-18/h8-11,19-20,23H,3-7,12-16H2,1-2H3. The molecule has 1 N–H and O–H groups in total. The maximum absolute atomic E-state index is 13.3. The maximum atomic E-state index is 13.3. The topological polar surface area (TPSA) is 52.7 Å². The van der Waals surface area contributed by atoms with Gasteiger partial charge in [-0.25, -0.2) is 0 Å². The Hall–Kier alpha value is -1.88. The van der Waals surface area contributed by atoms with E-state index in [0.717, 1.165) is 51.9 Å². The minimum Gasteiger partial charge on any atom is -0.342 e. The van der Waals surface area contributed by atoms with E-state index < -0.39 is 0 Å². The van der Waals surface area contributed by atoms with Crippen LogP contribution in [0.5, 0.6) is 0 Å². The number of hydrogen-bond acceptors (Lipinski definition) is 3. The van der Waals surface area contributed by atoms with E-state index in [9.17, 15) is 9.59 Å². The number of rotatable bonds is 5. The highest BCUT2D eigenvalue weighted by atomic mass is 16.2. The van der Waals surface area contributed by atoms with Crippen LogP contribution in [0, 0.1) is 5.92 Å². The summed E-state index contributed by atoms with van der Waals surface area (Å²) in [5.41, 5.74) is 2.51. The van der Waals surface area contributed by atoms with Crippen molar-refractivity contribution in [1.29, 1.82) is 0 Å². The van der Waals surface area contributed by atoms with Crippen LogP contribution in [0.1, 0.15) is 56.7 Å². The molecule has 1 aromatic carbocycles. The number of likely N-dealkylation sites (tertiary alicyclic amines) is 1. The van der Waals surface area contributed by atoms with Crippen molar-refractivity contribution in [3.05, 3.63) is 35.4 Å². The predicted octanol–water partition coefficient (Wildman–Crippen LogP) is 2.76. The number of nitrogens with zero attached hydrogens (tertiary/aromatic N) is 2. The minimum atomic E-state index is -0.0601. The molecule has 5 nitrogen and oxygen atoms in total. The van der Waals surface area contributed by atoms with Crippen molar-refractivity contribution in [3.8, 4) is 0 Å². The van der Waals surface area contributed by atoms with Crippen LogP contribution < -0.4 is 5.32 Å². The number of carbonyl (C=O) groups is 2. The van der Waals surface area contributed by atoms with Gasteiger partial charge in [0.2, 0.25) is 11.8 Å². The maximum Gasteiger partial charge on any atom is 0.228 e. The molecule has 0 aromatic heterocycles. The number of piperidine rings is 1. The Morgan fingerprint density at radius 2 is 1.93 bits per heavy atom. The smallest absolute Gasteiger partial charge is 0.228 e. The molecule has 2 aliphatic rings. The Bertz CT molecular complexity index is 643. The monoisotopic (exact) mass is 371 g/mol. The van der Waals surface area contributed by atoms with Crippen LogP contribution in [0.4, 0.5) is 0 Å². The highest BCUT2D eigenvalue weighted by Crippen LogP contribution is 2.27. The van der Waals surface area contributed by atoms with Gasteiger partial charge in [-0.05, 0) is 36.8 Å². The first-order valence-corrected chi connectivity index (χ1v) is 10.5. The van der Waals surface area contributed by atoms with Gasteiger partial charge in [0.05, 0.1) is 12.0 Å². The fourth-order valence-corrected chi connectivity index (χ4v) is 4.25. The second-order valence-electron chi connectivity index (χ2n) is 7.78. The molecule has 2 fully saturated rings. The minimum absolute atomic E-state index is 0.0601. The molecule has 1 aromatic rings. The molecule has 0 spiro atoms. The summed E-state index contributed by atoms with van der Waals surface area (Å²) in [6.07, 6.45) is 4.28. The van der Waals surface area contributed by atoms with Gasteiger partial charge in [0, 0.05) is 39.1 Å². The Kier molecular flexibility index (Phi) is 6.89. The van der Waals surface area contributed by atoms with E-state index >= 15 is 0 Å². The molecule has 5 heteroatoms. The molecule has 0 bridgehead atoms. The summed E-state index contributed by atoms with van der Waals surface area (Å²) in [7, 11) is 0. The summed E-state index contributed by atoms with van der Waals surface area (Å²) in [6, 6.07) is 8.74. The van der Waals surface area contributed by atoms with Gasteiger partial charge in [0.15, 0.2) is 0 Å². The third-order valence-corrected chi connectivity index (χ3v) is 5.89. The van der Waals surface area contributed by atoms with Crippen molar-refractivity contribution >= 4 is 11.8 Å². The quantitative estimate of drug-likeness (QED) is 0.866. The molecule has 148 valence electrons. The Labute approximate surface area is 163 Å². The first-order chi connectivity index (χ1) is 13.1. The van der Waals surface area contributed by atoms with Crippen LogP contribution in [0.25, 0.3) is 0 Å². The molecule has 3 rings (SSSR count). The fourth-order valence-electron chi connectivity index (χ4n) is 4.25. The van der Waals surface area contributed by atoms with E-state index in [-0.39, 0.29) is 23.8 Å². The molecule has 0 saturated carbocycles. The van der Waals surface area contributed by atoms with E-state index in [2.05, 4.69) is 41.4 Å².